The van der Waals surface area contributed by atoms with Crippen LogP contribution in [0.25, 0.3) is 0 Å². The zero-order valence-electron chi connectivity index (χ0n) is 15.0. The van der Waals surface area contributed by atoms with E-state index in [1.54, 1.807) is 54.6 Å². The van der Waals surface area contributed by atoms with Gasteiger partial charge in [-0.05, 0) is 60.7 Å². The minimum absolute atomic E-state index is 0.0483. The Morgan fingerprint density at radius 3 is 1.93 bits per heavy atom. The number of hydrogen-bond acceptors (Lipinski definition) is 6. The monoisotopic (exact) mass is 431 g/mol. The van der Waals surface area contributed by atoms with E-state index in [1.165, 1.54) is 6.07 Å². The summed E-state index contributed by atoms with van der Waals surface area (Å²) in [5, 5.41) is 7.79. The van der Waals surface area contributed by atoms with Gasteiger partial charge in [0, 0.05) is 16.0 Å². The SMILES string of the molecule is NC(=O)c1ccc(Oc2ccc(C(=O)NCc3ccc(S(N)(=O)=O)s3)cc2)cc1. The normalized spacial score (nSPS) is 11.1. The first kappa shape index (κ1) is 20.5. The maximum atomic E-state index is 12.3. The molecule has 0 aliphatic carbocycles. The van der Waals surface area contributed by atoms with Crippen molar-refractivity contribution in [1.29, 1.82) is 0 Å². The number of ether oxygens (including phenoxy) is 1. The molecule has 0 unspecified atom stereocenters. The Hall–Kier alpha value is -3.21. The molecular formula is C19H17N3O5S2. The van der Waals surface area contributed by atoms with Crippen molar-refractivity contribution >= 4 is 33.2 Å². The Balaban J connectivity index is 1.58. The Kier molecular flexibility index (Phi) is 5.97. The van der Waals surface area contributed by atoms with Crippen LogP contribution in [0, 0.1) is 0 Å². The number of carbonyl (C=O) groups excluding carboxylic acids is 2. The second kappa shape index (κ2) is 8.43. The van der Waals surface area contributed by atoms with Crippen molar-refractivity contribution in [2.45, 2.75) is 10.8 Å². The van der Waals surface area contributed by atoms with Crippen molar-refractivity contribution in [2.75, 3.05) is 0 Å². The van der Waals surface area contributed by atoms with Crippen molar-refractivity contribution < 1.29 is 22.7 Å². The highest BCUT2D eigenvalue weighted by molar-refractivity contribution is 7.91. The van der Waals surface area contributed by atoms with Gasteiger partial charge in [0.1, 0.15) is 15.7 Å². The highest BCUT2D eigenvalue weighted by Crippen LogP contribution is 2.23. The number of carbonyl (C=O) groups is 2. The van der Waals surface area contributed by atoms with E-state index in [0.717, 1.165) is 11.3 Å². The summed E-state index contributed by atoms with van der Waals surface area (Å²) in [7, 11) is -3.74. The average Bonchev–Trinajstić information content (AvgIpc) is 3.17. The minimum Gasteiger partial charge on any atom is -0.457 e. The summed E-state index contributed by atoms with van der Waals surface area (Å²) in [5.41, 5.74) is 6.00. The number of primary sulfonamides is 1. The van der Waals surface area contributed by atoms with E-state index in [1.807, 2.05) is 0 Å². The summed E-state index contributed by atoms with van der Waals surface area (Å²) >= 11 is 1.01. The van der Waals surface area contributed by atoms with E-state index < -0.39 is 15.9 Å². The molecule has 8 nitrogen and oxygen atoms in total. The van der Waals surface area contributed by atoms with Gasteiger partial charge in [0.2, 0.25) is 15.9 Å². The van der Waals surface area contributed by atoms with E-state index in [9.17, 15) is 18.0 Å². The minimum atomic E-state index is -3.74. The number of hydrogen-bond donors (Lipinski definition) is 3. The molecule has 0 spiro atoms. The molecule has 29 heavy (non-hydrogen) atoms. The number of sulfonamides is 1. The molecule has 2 aromatic carbocycles. The number of nitrogens with two attached hydrogens (primary N) is 2. The molecule has 150 valence electrons. The lowest BCUT2D eigenvalue weighted by molar-refractivity contribution is 0.0950. The second-order valence-corrected chi connectivity index (χ2v) is 8.92. The van der Waals surface area contributed by atoms with Crippen LogP contribution in [0.5, 0.6) is 11.5 Å². The summed E-state index contributed by atoms with van der Waals surface area (Å²) in [6.45, 7) is 0.184. The zero-order chi connectivity index (χ0) is 21.0. The van der Waals surface area contributed by atoms with Crippen molar-refractivity contribution in [3.8, 4) is 11.5 Å². The lowest BCUT2D eigenvalue weighted by atomic mass is 10.2. The summed E-state index contributed by atoms with van der Waals surface area (Å²) < 4.78 is 28.3. The van der Waals surface area contributed by atoms with Crippen molar-refractivity contribution in [3.63, 3.8) is 0 Å². The van der Waals surface area contributed by atoms with E-state index in [4.69, 9.17) is 15.6 Å². The third kappa shape index (κ3) is 5.41. The summed E-state index contributed by atoms with van der Waals surface area (Å²) in [4.78, 5) is 24.0. The van der Waals surface area contributed by atoms with Crippen molar-refractivity contribution in [2.24, 2.45) is 10.9 Å². The molecule has 1 aromatic heterocycles. The lowest BCUT2D eigenvalue weighted by Gasteiger charge is -2.08. The van der Waals surface area contributed by atoms with Crippen LogP contribution >= 0.6 is 11.3 Å². The lowest BCUT2D eigenvalue weighted by Crippen LogP contribution is -2.22. The number of thiophene rings is 1. The molecule has 0 radical (unpaired) electrons. The molecule has 10 heteroatoms. The van der Waals surface area contributed by atoms with Gasteiger partial charge in [-0.1, -0.05) is 0 Å². The van der Waals surface area contributed by atoms with Gasteiger partial charge in [0.25, 0.3) is 5.91 Å². The molecule has 2 amide bonds. The van der Waals surface area contributed by atoms with Crippen LogP contribution in [0.15, 0.2) is 64.9 Å². The quantitative estimate of drug-likeness (QED) is 0.526. The molecule has 0 atom stereocenters. The topological polar surface area (TPSA) is 142 Å². The highest BCUT2D eigenvalue weighted by Gasteiger charge is 2.12. The van der Waals surface area contributed by atoms with Gasteiger partial charge in [-0.25, -0.2) is 13.6 Å². The van der Waals surface area contributed by atoms with Crippen LogP contribution in [-0.2, 0) is 16.6 Å². The van der Waals surface area contributed by atoms with Gasteiger partial charge < -0.3 is 15.8 Å². The number of rotatable bonds is 7. The molecule has 5 N–H and O–H groups in total. The third-order valence-corrected chi connectivity index (χ3v) is 6.36. The average molecular weight is 431 g/mol. The first-order valence-electron chi connectivity index (χ1n) is 8.30. The van der Waals surface area contributed by atoms with E-state index in [0.29, 0.717) is 27.5 Å². The predicted molar refractivity (Wildman–Crippen MR) is 108 cm³/mol. The van der Waals surface area contributed by atoms with Crippen LogP contribution < -0.4 is 20.9 Å². The van der Waals surface area contributed by atoms with Crippen LogP contribution in [-0.4, -0.2) is 20.2 Å². The molecule has 3 rings (SSSR count). The molecule has 0 aliphatic rings. The molecule has 0 aliphatic heterocycles. The van der Waals surface area contributed by atoms with Crippen LogP contribution in [0.3, 0.4) is 0 Å². The Morgan fingerprint density at radius 2 is 1.45 bits per heavy atom. The van der Waals surface area contributed by atoms with Gasteiger partial charge in [-0.15, -0.1) is 11.3 Å². The Morgan fingerprint density at radius 1 is 0.897 bits per heavy atom. The second-order valence-electron chi connectivity index (χ2n) is 5.96. The van der Waals surface area contributed by atoms with E-state index in [2.05, 4.69) is 5.32 Å². The van der Waals surface area contributed by atoms with Gasteiger partial charge in [0.05, 0.1) is 6.54 Å². The standard InChI is InChI=1S/C19H17N3O5S2/c20-18(23)12-1-5-14(6-2-12)27-15-7-3-13(4-8-15)19(24)22-11-16-9-10-17(28-16)29(21,25)26/h1-10H,11H2,(H2,20,23)(H,22,24)(H2,21,25,26). The fourth-order valence-corrected chi connectivity index (χ4v) is 4.09. The van der Waals surface area contributed by atoms with Crippen molar-refractivity contribution in [3.05, 3.63) is 76.7 Å². The highest BCUT2D eigenvalue weighted by atomic mass is 32.2. The van der Waals surface area contributed by atoms with Gasteiger partial charge in [-0.3, -0.25) is 9.59 Å². The van der Waals surface area contributed by atoms with Crippen molar-refractivity contribution in [1.82, 2.24) is 5.32 Å². The summed E-state index contributed by atoms with van der Waals surface area (Å²) in [6, 6.07) is 15.9. The van der Waals surface area contributed by atoms with Crippen LogP contribution in [0.1, 0.15) is 25.6 Å². The molecule has 0 fully saturated rings. The summed E-state index contributed by atoms with van der Waals surface area (Å²) in [5.74, 6) is 0.211. The molecule has 3 aromatic rings. The first-order chi connectivity index (χ1) is 13.7. The fraction of sp³-hybridized carbons (Fsp3) is 0.0526. The molecule has 0 saturated carbocycles. The van der Waals surface area contributed by atoms with Crippen LogP contribution in [0.4, 0.5) is 0 Å². The summed E-state index contributed by atoms with van der Waals surface area (Å²) in [6.07, 6.45) is 0. The van der Waals surface area contributed by atoms with Gasteiger partial charge in [0.15, 0.2) is 0 Å². The number of nitrogens with one attached hydrogen (secondary N) is 1. The molecule has 0 saturated heterocycles. The number of amides is 2. The Labute approximate surface area is 171 Å². The van der Waals surface area contributed by atoms with Gasteiger partial charge >= 0.3 is 0 Å². The largest absolute Gasteiger partial charge is 0.457 e. The molecule has 0 bridgehead atoms. The first-order valence-corrected chi connectivity index (χ1v) is 10.7. The third-order valence-electron chi connectivity index (χ3n) is 3.83. The maximum absolute atomic E-state index is 12.3. The number of primary amides is 1. The Bertz CT molecular complexity index is 1140. The number of benzene rings is 2. The van der Waals surface area contributed by atoms with E-state index >= 15 is 0 Å². The zero-order valence-corrected chi connectivity index (χ0v) is 16.6. The van der Waals surface area contributed by atoms with Gasteiger partial charge in [-0.2, -0.15) is 0 Å². The smallest absolute Gasteiger partial charge is 0.251 e. The van der Waals surface area contributed by atoms with Crippen LogP contribution in [0.2, 0.25) is 0 Å². The van der Waals surface area contributed by atoms with E-state index in [-0.39, 0.29) is 16.7 Å². The predicted octanol–water partition coefficient (Wildman–Crippen LogP) is 2.22. The fourth-order valence-electron chi connectivity index (χ4n) is 2.37. The molecular weight excluding hydrogens is 414 g/mol. The molecule has 1 heterocycles. The maximum Gasteiger partial charge on any atom is 0.251 e.